The number of nitrogens with one attached hydrogen (secondary N) is 2. The second-order valence-corrected chi connectivity index (χ2v) is 6.52. The van der Waals surface area contributed by atoms with Gasteiger partial charge in [0.2, 0.25) is 5.91 Å². The van der Waals surface area contributed by atoms with Crippen molar-refractivity contribution in [2.75, 3.05) is 5.32 Å². The van der Waals surface area contributed by atoms with Crippen LogP contribution in [0, 0.1) is 5.92 Å². The smallest absolute Gasteiger partial charge is 0.256 e. The van der Waals surface area contributed by atoms with Gasteiger partial charge in [0.1, 0.15) is 5.82 Å². The number of amides is 1. The minimum Gasteiger partial charge on any atom is -0.321 e. The molecule has 4 rings (SSSR count). The fraction of sp³-hybridized carbons (Fsp3) is 0.167. The van der Waals surface area contributed by atoms with E-state index in [-0.39, 0.29) is 17.4 Å². The average Bonchev–Trinajstić information content (AvgIpc) is 3.41. The first-order chi connectivity index (χ1) is 11.6. The molecule has 1 amide bonds. The number of benzene rings is 1. The molecule has 0 aliphatic heterocycles. The Morgan fingerprint density at radius 2 is 2.04 bits per heavy atom. The van der Waals surface area contributed by atoms with Crippen molar-refractivity contribution in [2.45, 2.75) is 12.8 Å². The molecule has 0 saturated heterocycles. The van der Waals surface area contributed by atoms with E-state index in [4.69, 9.17) is 0 Å². The molecular weight excluding hydrogens is 318 g/mol. The molecule has 1 saturated carbocycles. The summed E-state index contributed by atoms with van der Waals surface area (Å²) in [5.74, 6) is 0.486. The van der Waals surface area contributed by atoms with E-state index in [1.807, 2.05) is 30.3 Å². The molecule has 5 nitrogen and oxygen atoms in total. The predicted octanol–water partition coefficient (Wildman–Crippen LogP) is 1.73. The van der Waals surface area contributed by atoms with Gasteiger partial charge in [-0.2, -0.15) is 0 Å². The maximum atomic E-state index is 12.5. The number of nitrogens with zero attached hydrogens (tertiary/aromatic N) is 1. The van der Waals surface area contributed by atoms with Gasteiger partial charge in [0.15, 0.2) is 0 Å². The van der Waals surface area contributed by atoms with Crippen molar-refractivity contribution in [3.63, 3.8) is 0 Å². The number of carbonyl (C=O) groups is 1. The van der Waals surface area contributed by atoms with Gasteiger partial charge in [-0.15, -0.1) is 0 Å². The Labute approximate surface area is 141 Å². The molecule has 1 aliphatic rings. The lowest BCUT2D eigenvalue weighted by Crippen LogP contribution is -2.16. The van der Waals surface area contributed by atoms with E-state index in [0.29, 0.717) is 11.2 Å². The third-order valence-electron chi connectivity index (χ3n) is 4.14. The van der Waals surface area contributed by atoms with Gasteiger partial charge < -0.3 is 10.3 Å². The fourth-order valence-electron chi connectivity index (χ4n) is 2.66. The Bertz CT molecular complexity index is 1010. The van der Waals surface area contributed by atoms with Gasteiger partial charge in [-0.25, -0.2) is 4.98 Å². The van der Waals surface area contributed by atoms with Crippen LogP contribution in [0.25, 0.3) is 22.0 Å². The topological polar surface area (TPSA) is 74.8 Å². The lowest BCUT2D eigenvalue weighted by molar-refractivity contribution is -0.117. The number of H-pyrrole nitrogens is 1. The molecular formula is C18H14N3O2Si. The first-order valence-electron chi connectivity index (χ1n) is 7.77. The molecule has 6 heteroatoms. The molecule has 2 heterocycles. The highest BCUT2D eigenvalue weighted by Crippen LogP contribution is 2.30. The van der Waals surface area contributed by atoms with Crippen LogP contribution in [0.3, 0.4) is 0 Å². The van der Waals surface area contributed by atoms with Crippen LogP contribution >= 0.6 is 0 Å². The standard InChI is InChI=1S/C18H14N3O2Si/c22-17(10-5-6-10)21-16-8-13-11(9-19-16)7-14(20-18(13)23)12-3-1-2-4-15(12)24/h1-4,7-10H,5-6H2,(H,20,23)(H,19,21,22). The average molecular weight is 332 g/mol. The number of carbonyl (C=O) groups excluding carboxylic acids is 1. The Balaban J connectivity index is 1.75. The van der Waals surface area contributed by atoms with Crippen LogP contribution in [0.15, 0.2) is 47.4 Å². The van der Waals surface area contributed by atoms with Gasteiger partial charge in [0, 0.05) is 23.2 Å². The van der Waals surface area contributed by atoms with Gasteiger partial charge >= 0.3 is 0 Å². The normalized spacial score (nSPS) is 13.9. The first-order valence-corrected chi connectivity index (χ1v) is 8.27. The molecule has 2 N–H and O–H groups in total. The fourth-order valence-corrected chi connectivity index (χ4v) is 2.98. The molecule has 0 unspecified atom stereocenters. The minimum absolute atomic E-state index is 0.0251. The molecule has 117 valence electrons. The minimum atomic E-state index is -0.207. The van der Waals surface area contributed by atoms with Crippen molar-refractivity contribution < 1.29 is 4.79 Å². The zero-order chi connectivity index (χ0) is 16.7. The molecule has 0 atom stereocenters. The Hall–Kier alpha value is -2.73. The second kappa shape index (κ2) is 5.72. The van der Waals surface area contributed by atoms with Crippen LogP contribution in [0.1, 0.15) is 12.8 Å². The van der Waals surface area contributed by atoms with Crippen LogP contribution in [0.5, 0.6) is 0 Å². The van der Waals surface area contributed by atoms with Crippen molar-refractivity contribution in [2.24, 2.45) is 5.92 Å². The maximum Gasteiger partial charge on any atom is 0.256 e. The highest BCUT2D eigenvalue weighted by molar-refractivity contribution is 6.35. The summed E-state index contributed by atoms with van der Waals surface area (Å²) in [5, 5.41) is 4.90. The van der Waals surface area contributed by atoms with Crippen LogP contribution in [-0.4, -0.2) is 26.1 Å². The summed E-state index contributed by atoms with van der Waals surface area (Å²) in [5.41, 5.74) is 1.41. The van der Waals surface area contributed by atoms with Crippen molar-refractivity contribution in [1.29, 1.82) is 0 Å². The lowest BCUT2D eigenvalue weighted by atomic mass is 10.1. The summed E-state index contributed by atoms with van der Waals surface area (Å²) in [7, 11) is 3.55. The molecule has 3 aromatic rings. The summed E-state index contributed by atoms with van der Waals surface area (Å²) in [6.45, 7) is 0. The van der Waals surface area contributed by atoms with Crippen molar-refractivity contribution in [1.82, 2.24) is 9.97 Å². The Kier molecular flexibility index (Phi) is 3.54. The summed E-state index contributed by atoms with van der Waals surface area (Å²) >= 11 is 0. The zero-order valence-corrected chi connectivity index (χ0v) is 13.8. The van der Waals surface area contributed by atoms with Crippen molar-refractivity contribution in [3.8, 4) is 11.3 Å². The molecule has 1 aromatic carbocycles. The monoisotopic (exact) mass is 332 g/mol. The van der Waals surface area contributed by atoms with E-state index >= 15 is 0 Å². The van der Waals surface area contributed by atoms with E-state index in [0.717, 1.165) is 34.7 Å². The molecule has 1 aliphatic carbocycles. The third kappa shape index (κ3) is 2.76. The molecule has 24 heavy (non-hydrogen) atoms. The van der Waals surface area contributed by atoms with Crippen LogP contribution in [0.4, 0.5) is 5.82 Å². The summed E-state index contributed by atoms with van der Waals surface area (Å²) in [6, 6.07) is 11.2. The predicted molar refractivity (Wildman–Crippen MR) is 94.5 cm³/mol. The van der Waals surface area contributed by atoms with Gasteiger partial charge in [0.05, 0.1) is 15.6 Å². The zero-order valence-electron chi connectivity index (χ0n) is 12.8. The number of fused-ring (bicyclic) bond motifs is 1. The largest absolute Gasteiger partial charge is 0.321 e. The summed E-state index contributed by atoms with van der Waals surface area (Å²) in [4.78, 5) is 31.4. The van der Waals surface area contributed by atoms with Gasteiger partial charge in [-0.1, -0.05) is 29.5 Å². The number of pyridine rings is 2. The van der Waals surface area contributed by atoms with Crippen LogP contribution in [-0.2, 0) is 4.79 Å². The third-order valence-corrected chi connectivity index (χ3v) is 4.58. The van der Waals surface area contributed by atoms with Crippen molar-refractivity contribution in [3.05, 3.63) is 52.9 Å². The van der Waals surface area contributed by atoms with Crippen LogP contribution in [0.2, 0.25) is 0 Å². The Morgan fingerprint density at radius 1 is 1.25 bits per heavy atom. The highest BCUT2D eigenvalue weighted by atomic mass is 28.1. The highest BCUT2D eigenvalue weighted by Gasteiger charge is 2.29. The van der Waals surface area contributed by atoms with E-state index in [1.165, 1.54) is 0 Å². The number of hydrogen-bond donors (Lipinski definition) is 2. The number of aromatic amines is 1. The number of aromatic nitrogens is 2. The van der Waals surface area contributed by atoms with E-state index in [9.17, 15) is 9.59 Å². The summed E-state index contributed by atoms with van der Waals surface area (Å²) < 4.78 is 0. The lowest BCUT2D eigenvalue weighted by Gasteiger charge is -2.08. The number of anilines is 1. The molecule has 0 spiro atoms. The second-order valence-electron chi connectivity index (χ2n) is 5.98. The number of hydrogen-bond acceptors (Lipinski definition) is 3. The first kappa shape index (κ1) is 14.8. The molecule has 3 radical (unpaired) electrons. The van der Waals surface area contributed by atoms with Gasteiger partial charge in [-0.3, -0.25) is 9.59 Å². The summed E-state index contributed by atoms with van der Waals surface area (Å²) in [6.07, 6.45) is 3.47. The molecule has 2 aromatic heterocycles. The van der Waals surface area contributed by atoms with Gasteiger partial charge in [0.25, 0.3) is 5.56 Å². The van der Waals surface area contributed by atoms with E-state index in [1.54, 1.807) is 12.3 Å². The Morgan fingerprint density at radius 3 is 2.79 bits per heavy atom. The van der Waals surface area contributed by atoms with E-state index < -0.39 is 0 Å². The molecule has 0 bridgehead atoms. The molecule has 1 fully saturated rings. The maximum absolute atomic E-state index is 12.5. The van der Waals surface area contributed by atoms with Gasteiger partial charge in [-0.05, 0) is 30.5 Å². The van der Waals surface area contributed by atoms with Crippen molar-refractivity contribution >= 4 is 37.9 Å². The quantitative estimate of drug-likeness (QED) is 0.717. The van der Waals surface area contributed by atoms with E-state index in [2.05, 4.69) is 25.5 Å². The van der Waals surface area contributed by atoms with Crippen LogP contribution < -0.4 is 16.1 Å². The SMILES string of the molecule is O=C(Nc1cc2c(=O)[nH]c(-c3ccccc3[Si])cc2cn1)C1CC1. The number of rotatable bonds is 3.